The van der Waals surface area contributed by atoms with Gasteiger partial charge in [0.25, 0.3) is 5.91 Å². The van der Waals surface area contributed by atoms with Gasteiger partial charge < -0.3 is 4.42 Å². The summed E-state index contributed by atoms with van der Waals surface area (Å²) < 4.78 is 30.5. The summed E-state index contributed by atoms with van der Waals surface area (Å²) in [7, 11) is -3.58. The first kappa shape index (κ1) is 15.5. The fourth-order valence-corrected chi connectivity index (χ4v) is 3.16. The minimum absolute atomic E-state index is 0.0274. The fraction of sp³-hybridized carbons (Fsp3) is 0.462. The van der Waals surface area contributed by atoms with E-state index in [9.17, 15) is 13.2 Å². The Kier molecular flexibility index (Phi) is 5.82. The van der Waals surface area contributed by atoms with Crippen molar-refractivity contribution in [1.29, 1.82) is 0 Å². The summed E-state index contributed by atoms with van der Waals surface area (Å²) in [6, 6.07) is 3.35. The smallest absolute Gasteiger partial charge is 0.257 e. The highest BCUT2D eigenvalue weighted by atomic mass is 32.2. The van der Waals surface area contributed by atoms with Crippen LogP contribution in [-0.2, 0) is 14.8 Å². The average molecular weight is 285 g/mol. The van der Waals surface area contributed by atoms with Gasteiger partial charge in [-0.25, -0.2) is 13.1 Å². The molecule has 0 aliphatic carbocycles. The number of carbonyl (C=O) groups is 1. The highest BCUT2D eigenvalue weighted by Gasteiger charge is 2.18. The Morgan fingerprint density at radius 3 is 2.63 bits per heavy atom. The van der Waals surface area contributed by atoms with Crippen molar-refractivity contribution < 1.29 is 17.6 Å². The molecule has 0 atom stereocenters. The minimum atomic E-state index is -3.58. The maximum Gasteiger partial charge on any atom is 0.257 e. The molecule has 0 bridgehead atoms. The lowest BCUT2D eigenvalue weighted by Crippen LogP contribution is -2.33. The van der Waals surface area contributed by atoms with Gasteiger partial charge in [0.1, 0.15) is 5.76 Å². The zero-order chi connectivity index (χ0) is 14.3. The van der Waals surface area contributed by atoms with Crippen LogP contribution in [0, 0.1) is 5.92 Å². The lowest BCUT2D eigenvalue weighted by molar-refractivity contribution is -0.114. The highest BCUT2D eigenvalue weighted by molar-refractivity contribution is 7.90. The van der Waals surface area contributed by atoms with Crippen molar-refractivity contribution >= 4 is 22.0 Å². The lowest BCUT2D eigenvalue weighted by atomic mass is 10.1. The predicted molar refractivity (Wildman–Crippen MR) is 73.7 cm³/mol. The molecule has 0 radical (unpaired) electrons. The van der Waals surface area contributed by atoms with Gasteiger partial charge in [0.2, 0.25) is 10.0 Å². The normalized spacial score (nSPS) is 12.2. The first-order valence-electron chi connectivity index (χ1n) is 6.23. The van der Waals surface area contributed by atoms with E-state index in [1.54, 1.807) is 12.1 Å². The molecular formula is C13H19NO4S. The van der Waals surface area contributed by atoms with Crippen molar-refractivity contribution in [3.63, 3.8) is 0 Å². The standard InChI is InChI=1S/C13H19NO4S/c1-3-11(4-2)10-19(16,17)14-13(15)8-7-12-6-5-9-18-12/h5-9,11H,3-4,10H2,1-2H3,(H,14,15)/b8-7+. The van der Waals surface area contributed by atoms with E-state index in [-0.39, 0.29) is 11.7 Å². The van der Waals surface area contributed by atoms with Crippen LogP contribution in [-0.4, -0.2) is 20.1 Å². The van der Waals surface area contributed by atoms with Crippen molar-refractivity contribution in [1.82, 2.24) is 4.72 Å². The Labute approximate surface area is 113 Å². The summed E-state index contributed by atoms with van der Waals surface area (Å²) in [5.74, 6) is -0.130. The van der Waals surface area contributed by atoms with Crippen LogP contribution < -0.4 is 4.72 Å². The third-order valence-electron chi connectivity index (χ3n) is 2.81. The first-order chi connectivity index (χ1) is 8.96. The zero-order valence-corrected chi connectivity index (χ0v) is 11.9. The molecule has 1 aromatic rings. The van der Waals surface area contributed by atoms with Crippen LogP contribution in [0.2, 0.25) is 0 Å². The number of sulfonamides is 1. The van der Waals surface area contributed by atoms with Gasteiger partial charge in [0.15, 0.2) is 0 Å². The molecule has 0 spiro atoms. The number of furan rings is 1. The average Bonchev–Trinajstić information content (AvgIpc) is 2.86. The van der Waals surface area contributed by atoms with Crippen LogP contribution in [0.1, 0.15) is 32.4 Å². The van der Waals surface area contributed by atoms with Gasteiger partial charge in [-0.1, -0.05) is 26.7 Å². The van der Waals surface area contributed by atoms with Crippen molar-refractivity contribution in [2.24, 2.45) is 5.92 Å². The van der Waals surface area contributed by atoms with E-state index in [0.717, 1.165) is 18.9 Å². The second kappa shape index (κ2) is 7.13. The molecule has 0 aromatic carbocycles. The molecule has 0 fully saturated rings. The molecule has 1 rings (SSSR count). The van der Waals surface area contributed by atoms with Crippen molar-refractivity contribution in [3.05, 3.63) is 30.2 Å². The quantitative estimate of drug-likeness (QED) is 0.779. The van der Waals surface area contributed by atoms with Gasteiger partial charge in [-0.2, -0.15) is 0 Å². The van der Waals surface area contributed by atoms with Crippen molar-refractivity contribution in [3.8, 4) is 0 Å². The maximum atomic E-state index is 11.7. The van der Waals surface area contributed by atoms with Gasteiger partial charge >= 0.3 is 0 Å². The Morgan fingerprint density at radius 2 is 2.11 bits per heavy atom. The van der Waals surface area contributed by atoms with Gasteiger partial charge in [0.05, 0.1) is 12.0 Å². The predicted octanol–water partition coefficient (Wildman–Crippen LogP) is 2.17. The SMILES string of the molecule is CCC(CC)CS(=O)(=O)NC(=O)/C=C/c1ccco1. The summed E-state index contributed by atoms with van der Waals surface area (Å²) in [5, 5.41) is 0. The third kappa shape index (κ3) is 5.74. The van der Waals surface area contributed by atoms with E-state index >= 15 is 0 Å². The van der Waals surface area contributed by atoms with E-state index in [2.05, 4.69) is 0 Å². The summed E-state index contributed by atoms with van der Waals surface area (Å²) in [6.07, 6.45) is 5.58. The summed E-state index contributed by atoms with van der Waals surface area (Å²) in [4.78, 5) is 11.5. The molecule has 1 heterocycles. The second-order valence-corrected chi connectivity index (χ2v) is 6.05. The first-order valence-corrected chi connectivity index (χ1v) is 7.88. The molecule has 0 aliphatic rings. The van der Waals surface area contributed by atoms with E-state index < -0.39 is 15.9 Å². The van der Waals surface area contributed by atoms with Gasteiger partial charge in [-0.3, -0.25) is 4.79 Å². The largest absolute Gasteiger partial charge is 0.465 e. The van der Waals surface area contributed by atoms with Crippen LogP contribution in [0.15, 0.2) is 28.9 Å². The molecular weight excluding hydrogens is 266 g/mol. The Bertz CT molecular complexity index is 513. The number of hydrogen-bond acceptors (Lipinski definition) is 4. The van der Waals surface area contributed by atoms with E-state index in [1.165, 1.54) is 12.3 Å². The number of carbonyl (C=O) groups excluding carboxylic acids is 1. The molecule has 0 aliphatic heterocycles. The van der Waals surface area contributed by atoms with Crippen LogP contribution >= 0.6 is 0 Å². The molecule has 6 heteroatoms. The Morgan fingerprint density at radius 1 is 1.42 bits per heavy atom. The molecule has 1 aromatic heterocycles. The molecule has 19 heavy (non-hydrogen) atoms. The van der Waals surface area contributed by atoms with Crippen LogP contribution in [0.25, 0.3) is 6.08 Å². The topological polar surface area (TPSA) is 76.4 Å². The number of amides is 1. The number of nitrogens with one attached hydrogen (secondary N) is 1. The van der Waals surface area contributed by atoms with E-state index in [0.29, 0.717) is 5.76 Å². The molecule has 1 N–H and O–H groups in total. The summed E-state index contributed by atoms with van der Waals surface area (Å²) >= 11 is 0. The fourth-order valence-electron chi connectivity index (χ4n) is 1.61. The van der Waals surface area contributed by atoms with E-state index in [4.69, 9.17) is 4.42 Å². The van der Waals surface area contributed by atoms with Crippen LogP contribution in [0.5, 0.6) is 0 Å². The zero-order valence-electron chi connectivity index (χ0n) is 11.1. The molecule has 0 saturated carbocycles. The van der Waals surface area contributed by atoms with Gasteiger partial charge in [0, 0.05) is 6.08 Å². The third-order valence-corrected chi connectivity index (χ3v) is 4.23. The molecule has 5 nitrogen and oxygen atoms in total. The van der Waals surface area contributed by atoms with Crippen LogP contribution in [0.3, 0.4) is 0 Å². The lowest BCUT2D eigenvalue weighted by Gasteiger charge is -2.12. The summed E-state index contributed by atoms with van der Waals surface area (Å²) in [5.41, 5.74) is 0. The van der Waals surface area contributed by atoms with Gasteiger partial charge in [-0.15, -0.1) is 0 Å². The molecule has 0 unspecified atom stereocenters. The van der Waals surface area contributed by atoms with E-state index in [1.807, 2.05) is 18.6 Å². The molecule has 1 amide bonds. The highest BCUT2D eigenvalue weighted by Crippen LogP contribution is 2.10. The monoisotopic (exact) mass is 285 g/mol. The van der Waals surface area contributed by atoms with Crippen molar-refractivity contribution in [2.75, 3.05) is 5.75 Å². The number of rotatable bonds is 7. The van der Waals surface area contributed by atoms with Crippen LogP contribution in [0.4, 0.5) is 0 Å². The maximum absolute atomic E-state index is 11.7. The Balaban J connectivity index is 2.55. The molecule has 106 valence electrons. The minimum Gasteiger partial charge on any atom is -0.465 e. The Hall–Kier alpha value is -1.56. The summed E-state index contributed by atoms with van der Waals surface area (Å²) in [6.45, 7) is 3.87. The second-order valence-electron chi connectivity index (χ2n) is 4.28. The van der Waals surface area contributed by atoms with Gasteiger partial charge in [-0.05, 0) is 24.1 Å². The number of hydrogen-bond donors (Lipinski definition) is 1. The van der Waals surface area contributed by atoms with Crippen molar-refractivity contribution in [2.45, 2.75) is 26.7 Å². The molecule has 0 saturated heterocycles.